The minimum atomic E-state index is -2.48. The summed E-state index contributed by atoms with van der Waals surface area (Å²) in [6, 6.07) is 0. The average molecular weight is 373 g/mol. The third kappa shape index (κ3) is 2.94. The van der Waals surface area contributed by atoms with Crippen LogP contribution in [0.25, 0.3) is 0 Å². The van der Waals surface area contributed by atoms with E-state index in [4.69, 9.17) is 8.92 Å². The fourth-order valence-electron chi connectivity index (χ4n) is 4.80. The van der Waals surface area contributed by atoms with Crippen molar-refractivity contribution < 1.29 is 27.3 Å². The van der Waals surface area contributed by atoms with Crippen molar-refractivity contribution in [3.8, 4) is 0 Å². The summed E-state index contributed by atoms with van der Waals surface area (Å²) in [4.78, 5) is 23.9. The molecule has 25 heavy (non-hydrogen) atoms. The summed E-state index contributed by atoms with van der Waals surface area (Å²) < 4.78 is 31.9. The second-order valence-electron chi connectivity index (χ2n) is 7.73. The zero-order valence-electron chi connectivity index (χ0n) is 15.4. The van der Waals surface area contributed by atoms with E-state index in [0.29, 0.717) is 5.57 Å². The number of fused-ring (bicyclic) bond motifs is 2. The van der Waals surface area contributed by atoms with Crippen molar-refractivity contribution in [2.24, 2.45) is 17.3 Å². The van der Waals surface area contributed by atoms with Crippen molar-refractivity contribution >= 4 is 23.2 Å². The number of esters is 1. The molecule has 6 atom stereocenters. The Kier molecular flexibility index (Phi) is 5.20. The molecule has 0 radical (unpaired) electrons. The van der Waals surface area contributed by atoms with Crippen LogP contribution in [0.4, 0.5) is 0 Å². The number of amides is 1. The molecule has 2 fully saturated rings. The largest absolute Gasteiger partial charge is 0.454 e. The number of hydrogen-bond acceptors (Lipinski definition) is 5. The molecule has 0 aliphatic heterocycles. The molecule has 2 rings (SSSR count). The maximum Gasteiger partial charge on any atom is 0.326 e. The Bertz CT molecular complexity index is 637. The van der Waals surface area contributed by atoms with Crippen molar-refractivity contribution in [2.45, 2.75) is 58.7 Å². The first-order valence-electron chi connectivity index (χ1n) is 8.35. The van der Waals surface area contributed by atoms with Gasteiger partial charge in [0.15, 0.2) is 0 Å². The predicted molar refractivity (Wildman–Crippen MR) is 92.6 cm³/mol. The van der Waals surface area contributed by atoms with Crippen LogP contribution in [0, 0.1) is 17.3 Å². The van der Waals surface area contributed by atoms with E-state index < -0.39 is 34.4 Å². The topological polar surface area (TPSA) is 102 Å². The fraction of sp³-hybridized carbons (Fsp3) is 0.765. The lowest BCUT2D eigenvalue weighted by Crippen LogP contribution is -2.62. The molecule has 2 saturated carbocycles. The fourth-order valence-corrected chi connectivity index (χ4v) is 5.38. The molecule has 2 N–H and O–H groups in total. The van der Waals surface area contributed by atoms with Gasteiger partial charge in [0.05, 0.1) is 0 Å². The highest BCUT2D eigenvalue weighted by Crippen LogP contribution is 2.69. The zero-order valence-corrected chi connectivity index (χ0v) is 16.2. The van der Waals surface area contributed by atoms with Crippen LogP contribution >= 0.6 is 0 Å². The quantitative estimate of drug-likeness (QED) is 0.419. The van der Waals surface area contributed by atoms with Gasteiger partial charge >= 0.3 is 17.3 Å². The van der Waals surface area contributed by atoms with Crippen molar-refractivity contribution in [3.63, 3.8) is 0 Å². The summed E-state index contributed by atoms with van der Waals surface area (Å²) in [6.45, 7) is 12.3. The van der Waals surface area contributed by atoms with E-state index in [1.54, 1.807) is 20.8 Å². The van der Waals surface area contributed by atoms with Crippen LogP contribution in [0.1, 0.15) is 47.5 Å². The summed E-state index contributed by atoms with van der Waals surface area (Å²) in [5.41, 5.74) is -2.28. The second-order valence-corrected chi connectivity index (χ2v) is 8.33. The minimum absolute atomic E-state index is 0.00332. The molecule has 1 amide bonds. The van der Waals surface area contributed by atoms with Gasteiger partial charge in [-0.05, 0) is 45.4 Å². The Hall–Kier alpha value is -1.25. The molecule has 0 aromatic carbocycles. The van der Waals surface area contributed by atoms with Crippen LogP contribution in [0.15, 0.2) is 12.2 Å². The van der Waals surface area contributed by atoms with Gasteiger partial charge in [-0.3, -0.25) is 18.3 Å². The van der Waals surface area contributed by atoms with Crippen LogP contribution in [-0.2, 0) is 29.9 Å². The van der Waals surface area contributed by atoms with Gasteiger partial charge < -0.3 is 10.1 Å². The number of ether oxygens (including phenoxy) is 1. The molecular formula is C17H27NO6S. The number of hydrogen-bond donors (Lipinski definition) is 2. The van der Waals surface area contributed by atoms with Gasteiger partial charge in [0.2, 0.25) is 5.91 Å². The molecule has 142 valence electrons. The first-order valence-corrected chi connectivity index (χ1v) is 9.38. The SMILES string of the molecule is C=C(C)C(=O)NCC(=O)OC1(C)C2(C)CCC(C2C)C1(C)OS(=O)O. The van der Waals surface area contributed by atoms with E-state index >= 15 is 0 Å². The maximum absolute atomic E-state index is 12.4. The number of rotatable bonds is 6. The third-order valence-electron chi connectivity index (χ3n) is 6.67. The number of carbonyl (C=O) groups is 2. The second kappa shape index (κ2) is 6.48. The van der Waals surface area contributed by atoms with E-state index in [2.05, 4.69) is 18.8 Å². The summed E-state index contributed by atoms with van der Waals surface area (Å²) in [7, 11) is 0. The molecule has 0 aromatic rings. The highest BCUT2D eigenvalue weighted by atomic mass is 32.2. The Morgan fingerprint density at radius 3 is 2.48 bits per heavy atom. The summed E-state index contributed by atoms with van der Waals surface area (Å²) >= 11 is -2.48. The van der Waals surface area contributed by atoms with Crippen LogP contribution in [0.3, 0.4) is 0 Å². The monoisotopic (exact) mass is 373 g/mol. The van der Waals surface area contributed by atoms with E-state index in [-0.39, 0.29) is 23.8 Å². The summed E-state index contributed by atoms with van der Waals surface area (Å²) in [5.74, 6) is -0.887. The number of nitrogens with one attached hydrogen (secondary N) is 1. The van der Waals surface area contributed by atoms with Gasteiger partial charge in [-0.2, -0.15) is 4.21 Å². The zero-order chi connectivity index (χ0) is 19.2. The van der Waals surface area contributed by atoms with E-state index in [1.807, 2.05) is 6.92 Å². The van der Waals surface area contributed by atoms with E-state index in [0.717, 1.165) is 12.8 Å². The predicted octanol–water partition coefficient (Wildman–Crippen LogP) is 1.96. The van der Waals surface area contributed by atoms with E-state index in [1.165, 1.54) is 0 Å². The molecule has 2 aliphatic rings. The highest BCUT2D eigenvalue weighted by Gasteiger charge is 2.76. The molecule has 6 unspecified atom stereocenters. The third-order valence-corrected chi connectivity index (χ3v) is 7.16. The summed E-state index contributed by atoms with van der Waals surface area (Å²) in [6.07, 6.45) is 1.67. The van der Waals surface area contributed by atoms with Crippen molar-refractivity contribution in [3.05, 3.63) is 12.2 Å². The molecule has 0 saturated heterocycles. The van der Waals surface area contributed by atoms with E-state index in [9.17, 15) is 18.4 Å². The van der Waals surface area contributed by atoms with Gasteiger partial charge in [-0.25, -0.2) is 0 Å². The normalized spacial score (nSPS) is 40.6. The van der Waals surface area contributed by atoms with Crippen molar-refractivity contribution in [1.82, 2.24) is 5.32 Å². The molecule has 8 heteroatoms. The number of carbonyl (C=O) groups excluding carboxylic acids is 2. The van der Waals surface area contributed by atoms with Crippen LogP contribution in [-0.4, -0.2) is 38.4 Å². The van der Waals surface area contributed by atoms with Crippen LogP contribution < -0.4 is 5.32 Å². The van der Waals surface area contributed by atoms with Crippen molar-refractivity contribution in [2.75, 3.05) is 6.54 Å². The van der Waals surface area contributed by atoms with Gasteiger partial charge in [0.1, 0.15) is 17.7 Å². The first-order chi connectivity index (χ1) is 11.4. The van der Waals surface area contributed by atoms with Crippen LogP contribution in [0.2, 0.25) is 0 Å². The molecule has 0 aromatic heterocycles. The van der Waals surface area contributed by atoms with Gasteiger partial charge in [0, 0.05) is 11.0 Å². The highest BCUT2D eigenvalue weighted by molar-refractivity contribution is 7.74. The van der Waals surface area contributed by atoms with Gasteiger partial charge in [0.25, 0.3) is 0 Å². The average Bonchev–Trinajstić information content (AvgIpc) is 2.84. The molecule has 0 spiro atoms. The lowest BCUT2D eigenvalue weighted by atomic mass is 9.66. The first kappa shape index (κ1) is 20.1. The Balaban J connectivity index is 2.25. The molecule has 2 aliphatic carbocycles. The van der Waals surface area contributed by atoms with Crippen LogP contribution in [0.5, 0.6) is 0 Å². The minimum Gasteiger partial charge on any atom is -0.454 e. The van der Waals surface area contributed by atoms with Crippen molar-refractivity contribution in [1.29, 1.82) is 0 Å². The molecule has 7 nitrogen and oxygen atoms in total. The smallest absolute Gasteiger partial charge is 0.326 e. The Morgan fingerprint density at radius 1 is 1.36 bits per heavy atom. The molecule has 0 heterocycles. The maximum atomic E-state index is 12.4. The standard InChI is InChI=1S/C17H27NO6S/c1-10(2)14(20)18-9-13(19)23-17(6)15(4)8-7-12(11(15)3)16(17,5)24-25(21)22/h11-12H,1,7-9H2,2-6H3,(H,18,20)(H,21,22). The van der Waals surface area contributed by atoms with Gasteiger partial charge in [-0.15, -0.1) is 0 Å². The lowest BCUT2D eigenvalue weighted by Gasteiger charge is -2.50. The van der Waals surface area contributed by atoms with Gasteiger partial charge in [-0.1, -0.05) is 20.4 Å². The summed E-state index contributed by atoms with van der Waals surface area (Å²) in [5, 5.41) is 2.45. The molecular weight excluding hydrogens is 346 g/mol. The Morgan fingerprint density at radius 2 is 1.96 bits per heavy atom. The molecule has 2 bridgehead atoms. The lowest BCUT2D eigenvalue weighted by molar-refractivity contribution is -0.209. The Labute approximate surface area is 151 Å².